The first-order valence-electron chi connectivity index (χ1n) is 12.8. The van der Waals surface area contributed by atoms with Gasteiger partial charge in [0.1, 0.15) is 0 Å². The van der Waals surface area contributed by atoms with Gasteiger partial charge in [0.25, 0.3) is 0 Å². The van der Waals surface area contributed by atoms with Crippen molar-refractivity contribution in [1.82, 2.24) is 10.2 Å². The normalized spacial score (nSPS) is 13.1. The molecule has 0 spiro atoms. The Balaban J connectivity index is 1.37. The second-order valence-electron chi connectivity index (χ2n) is 8.96. The molecule has 36 heavy (non-hydrogen) atoms. The van der Waals surface area contributed by atoms with Crippen LogP contribution in [0.3, 0.4) is 0 Å². The number of aryl methyl sites for hydroxylation is 1. The number of carbonyl (C=O) groups excluding carboxylic acids is 1. The lowest BCUT2D eigenvalue weighted by molar-refractivity contribution is -0.132. The standard InChI is InChI=1S/C29H40N2O5/c1-5-22(2)31(29(32)11-6-9-23-13-15-26-28(20-23)36-21-35-26)18-8-17-30-16-7-10-24-12-14-25(33-3)27(19-24)34-4/h6,9,12-15,19-20,22,30H,5,7-8,10-11,16-18,21H2,1-4H3/b9-6+. The highest BCUT2D eigenvalue weighted by Gasteiger charge is 2.17. The molecule has 0 bridgehead atoms. The van der Waals surface area contributed by atoms with Crippen molar-refractivity contribution in [3.05, 3.63) is 53.6 Å². The van der Waals surface area contributed by atoms with E-state index in [1.807, 2.05) is 47.4 Å². The van der Waals surface area contributed by atoms with Crippen LogP contribution in [0, 0.1) is 0 Å². The fraction of sp³-hybridized carbons (Fsp3) is 0.483. The van der Waals surface area contributed by atoms with Gasteiger partial charge in [0.15, 0.2) is 23.0 Å². The van der Waals surface area contributed by atoms with Crippen LogP contribution in [0.2, 0.25) is 0 Å². The number of ether oxygens (including phenoxy) is 4. The van der Waals surface area contributed by atoms with Crippen molar-refractivity contribution in [3.8, 4) is 23.0 Å². The maximum Gasteiger partial charge on any atom is 0.231 e. The summed E-state index contributed by atoms with van der Waals surface area (Å²) in [7, 11) is 3.31. The van der Waals surface area contributed by atoms with Gasteiger partial charge < -0.3 is 29.2 Å². The third-order valence-corrected chi connectivity index (χ3v) is 6.46. The van der Waals surface area contributed by atoms with Crippen LogP contribution in [0.25, 0.3) is 6.08 Å². The van der Waals surface area contributed by atoms with Crippen molar-refractivity contribution in [2.45, 2.75) is 52.0 Å². The molecule has 1 N–H and O–H groups in total. The predicted octanol–water partition coefficient (Wildman–Crippen LogP) is 5.08. The third-order valence-electron chi connectivity index (χ3n) is 6.46. The Labute approximate surface area is 215 Å². The van der Waals surface area contributed by atoms with Crippen molar-refractivity contribution in [2.24, 2.45) is 0 Å². The molecule has 1 amide bonds. The van der Waals surface area contributed by atoms with E-state index in [4.69, 9.17) is 18.9 Å². The lowest BCUT2D eigenvalue weighted by Gasteiger charge is -2.28. The average molecular weight is 497 g/mol. The van der Waals surface area contributed by atoms with Crippen LogP contribution in [0.4, 0.5) is 0 Å². The zero-order valence-electron chi connectivity index (χ0n) is 22.0. The van der Waals surface area contributed by atoms with Crippen LogP contribution in [-0.2, 0) is 11.2 Å². The molecule has 1 atom stereocenters. The molecular formula is C29H40N2O5. The summed E-state index contributed by atoms with van der Waals surface area (Å²) in [6, 6.07) is 12.1. The minimum absolute atomic E-state index is 0.162. The van der Waals surface area contributed by atoms with Crippen molar-refractivity contribution < 1.29 is 23.7 Å². The van der Waals surface area contributed by atoms with Crippen LogP contribution in [0.1, 0.15) is 50.7 Å². The van der Waals surface area contributed by atoms with E-state index in [2.05, 4.69) is 25.2 Å². The Morgan fingerprint density at radius 3 is 2.61 bits per heavy atom. The first-order chi connectivity index (χ1) is 17.5. The molecule has 1 aliphatic heterocycles. The van der Waals surface area contributed by atoms with Crippen LogP contribution >= 0.6 is 0 Å². The molecular weight excluding hydrogens is 456 g/mol. The van der Waals surface area contributed by atoms with Gasteiger partial charge in [-0.2, -0.15) is 0 Å². The minimum Gasteiger partial charge on any atom is -0.493 e. The summed E-state index contributed by atoms with van der Waals surface area (Å²) in [5.41, 5.74) is 2.23. The molecule has 0 aliphatic carbocycles. The minimum atomic E-state index is 0.162. The molecule has 1 unspecified atom stereocenters. The molecule has 1 aliphatic rings. The van der Waals surface area contributed by atoms with Gasteiger partial charge in [-0.15, -0.1) is 0 Å². The van der Waals surface area contributed by atoms with Crippen molar-refractivity contribution in [2.75, 3.05) is 40.6 Å². The van der Waals surface area contributed by atoms with Crippen molar-refractivity contribution in [3.63, 3.8) is 0 Å². The maximum absolute atomic E-state index is 12.9. The Bertz CT molecular complexity index is 1010. The van der Waals surface area contributed by atoms with E-state index in [0.717, 1.165) is 73.9 Å². The van der Waals surface area contributed by atoms with Gasteiger partial charge in [-0.1, -0.05) is 31.2 Å². The molecule has 3 rings (SSSR count). The van der Waals surface area contributed by atoms with E-state index in [9.17, 15) is 4.79 Å². The fourth-order valence-electron chi connectivity index (χ4n) is 4.19. The highest BCUT2D eigenvalue weighted by molar-refractivity contribution is 5.79. The predicted molar refractivity (Wildman–Crippen MR) is 143 cm³/mol. The second-order valence-corrected chi connectivity index (χ2v) is 8.96. The number of hydrogen-bond acceptors (Lipinski definition) is 6. The number of hydrogen-bond donors (Lipinski definition) is 1. The zero-order valence-corrected chi connectivity index (χ0v) is 22.0. The third kappa shape index (κ3) is 7.92. The van der Waals surface area contributed by atoms with Gasteiger partial charge in [0, 0.05) is 19.0 Å². The van der Waals surface area contributed by atoms with Crippen LogP contribution in [0.5, 0.6) is 23.0 Å². The topological polar surface area (TPSA) is 69.3 Å². The van der Waals surface area contributed by atoms with E-state index >= 15 is 0 Å². The molecule has 0 saturated carbocycles. The van der Waals surface area contributed by atoms with Gasteiger partial charge >= 0.3 is 0 Å². The first-order valence-corrected chi connectivity index (χ1v) is 12.8. The van der Waals surface area contributed by atoms with E-state index in [0.29, 0.717) is 6.42 Å². The number of methoxy groups -OCH3 is 2. The Morgan fingerprint density at radius 2 is 1.83 bits per heavy atom. The number of carbonyl (C=O) groups is 1. The lowest BCUT2D eigenvalue weighted by Crippen LogP contribution is -2.39. The van der Waals surface area contributed by atoms with Gasteiger partial charge in [0.2, 0.25) is 12.7 Å². The summed E-state index contributed by atoms with van der Waals surface area (Å²) < 4.78 is 21.5. The molecule has 0 radical (unpaired) electrons. The summed E-state index contributed by atoms with van der Waals surface area (Å²) in [4.78, 5) is 14.9. The van der Waals surface area contributed by atoms with Crippen molar-refractivity contribution >= 4 is 12.0 Å². The Morgan fingerprint density at radius 1 is 1.06 bits per heavy atom. The van der Waals surface area contributed by atoms with Gasteiger partial charge in [0.05, 0.1) is 14.2 Å². The van der Waals surface area contributed by atoms with Gasteiger partial charge in [-0.05, 0) is 81.1 Å². The fourth-order valence-corrected chi connectivity index (χ4v) is 4.19. The summed E-state index contributed by atoms with van der Waals surface area (Å²) in [6.07, 6.45) is 8.16. The number of amides is 1. The van der Waals surface area contributed by atoms with E-state index in [-0.39, 0.29) is 18.7 Å². The maximum atomic E-state index is 12.9. The number of nitrogens with one attached hydrogen (secondary N) is 1. The van der Waals surface area contributed by atoms with Crippen LogP contribution < -0.4 is 24.3 Å². The van der Waals surface area contributed by atoms with Crippen LogP contribution in [0.15, 0.2) is 42.5 Å². The van der Waals surface area contributed by atoms with Crippen LogP contribution in [-0.4, -0.2) is 57.5 Å². The molecule has 0 saturated heterocycles. The second kappa shape index (κ2) is 14.4. The monoisotopic (exact) mass is 496 g/mol. The van der Waals surface area contributed by atoms with E-state index < -0.39 is 0 Å². The first kappa shape index (κ1) is 27.4. The molecule has 196 valence electrons. The molecule has 1 heterocycles. The Kier molecular flexibility index (Phi) is 11.0. The zero-order chi connectivity index (χ0) is 25.8. The summed E-state index contributed by atoms with van der Waals surface area (Å²) in [5, 5.41) is 3.51. The average Bonchev–Trinajstić information content (AvgIpc) is 3.37. The molecule has 7 nitrogen and oxygen atoms in total. The highest BCUT2D eigenvalue weighted by atomic mass is 16.7. The number of benzene rings is 2. The quantitative estimate of drug-likeness (QED) is 0.347. The molecule has 7 heteroatoms. The molecule has 2 aromatic rings. The molecule has 0 aromatic heterocycles. The highest BCUT2D eigenvalue weighted by Crippen LogP contribution is 2.33. The SMILES string of the molecule is CCC(C)N(CCCNCCCc1ccc(OC)c(OC)c1)C(=O)C/C=C/c1ccc2c(c1)OCO2. The molecule has 0 fully saturated rings. The van der Waals surface area contributed by atoms with Crippen molar-refractivity contribution in [1.29, 1.82) is 0 Å². The molecule has 2 aromatic carbocycles. The summed E-state index contributed by atoms with van der Waals surface area (Å²) >= 11 is 0. The summed E-state index contributed by atoms with van der Waals surface area (Å²) in [6.45, 7) is 7.09. The van der Waals surface area contributed by atoms with Gasteiger partial charge in [-0.25, -0.2) is 0 Å². The van der Waals surface area contributed by atoms with E-state index in [1.165, 1.54) is 5.56 Å². The summed E-state index contributed by atoms with van der Waals surface area (Å²) in [5.74, 6) is 3.20. The number of fused-ring (bicyclic) bond motifs is 1. The Hall–Kier alpha value is -3.19. The number of rotatable bonds is 15. The smallest absolute Gasteiger partial charge is 0.231 e. The van der Waals surface area contributed by atoms with Gasteiger partial charge in [-0.3, -0.25) is 4.79 Å². The largest absolute Gasteiger partial charge is 0.493 e. The number of nitrogens with zero attached hydrogens (tertiary/aromatic N) is 1. The van der Waals surface area contributed by atoms with E-state index in [1.54, 1.807) is 14.2 Å². The lowest BCUT2D eigenvalue weighted by atomic mass is 10.1.